The number of aliphatic hydroxyl groups is 1. The number of hydrogen-bond acceptors (Lipinski definition) is 4. The van der Waals surface area contributed by atoms with Gasteiger partial charge in [0.05, 0.1) is 6.61 Å². The largest absolute Gasteiger partial charge is 0.386 e. The minimum Gasteiger partial charge on any atom is -0.386 e. The van der Waals surface area contributed by atoms with Gasteiger partial charge < -0.3 is 19.6 Å². The smallest absolute Gasteiger partial charge is 0.271 e. The molecule has 3 rings (SSSR count). The quantitative estimate of drug-likeness (QED) is 0.856. The van der Waals surface area contributed by atoms with Crippen LogP contribution in [0.2, 0.25) is 0 Å². The van der Waals surface area contributed by atoms with Crippen LogP contribution in [0.4, 0.5) is 0 Å². The Morgan fingerprint density at radius 2 is 2.45 bits per heavy atom. The van der Waals surface area contributed by atoms with Crippen LogP contribution in [-0.2, 0) is 4.74 Å². The molecule has 0 spiro atoms. The van der Waals surface area contributed by atoms with E-state index < -0.39 is 5.60 Å². The minimum atomic E-state index is -0.954. The predicted octanol–water partition coefficient (Wildman–Crippen LogP) is 0.524. The van der Waals surface area contributed by atoms with Crippen molar-refractivity contribution < 1.29 is 14.6 Å². The van der Waals surface area contributed by atoms with Crippen molar-refractivity contribution in [2.24, 2.45) is 0 Å². The van der Waals surface area contributed by atoms with Crippen molar-refractivity contribution >= 4 is 11.6 Å². The number of aryl methyl sites for hydroxylation is 1. The van der Waals surface area contributed by atoms with Crippen LogP contribution in [-0.4, -0.2) is 45.8 Å². The Morgan fingerprint density at radius 1 is 1.60 bits per heavy atom. The molecular weight excluding hydrogens is 258 g/mol. The highest BCUT2D eigenvalue weighted by atomic mass is 16.5. The maximum absolute atomic E-state index is 12.1. The van der Waals surface area contributed by atoms with Crippen molar-refractivity contribution in [1.29, 1.82) is 0 Å². The third-order valence-electron chi connectivity index (χ3n) is 3.59. The van der Waals surface area contributed by atoms with Crippen LogP contribution in [0.5, 0.6) is 0 Å². The Morgan fingerprint density at radius 3 is 3.15 bits per heavy atom. The minimum absolute atomic E-state index is 0.179. The van der Waals surface area contributed by atoms with Gasteiger partial charge in [-0.15, -0.1) is 0 Å². The number of carbonyl (C=O) groups excluding carboxylic acids is 1. The third kappa shape index (κ3) is 2.39. The van der Waals surface area contributed by atoms with Gasteiger partial charge in [-0.1, -0.05) is 6.07 Å². The van der Waals surface area contributed by atoms with E-state index in [1.165, 1.54) is 0 Å². The molecule has 3 heterocycles. The van der Waals surface area contributed by atoms with Crippen molar-refractivity contribution in [1.82, 2.24) is 14.7 Å². The predicted molar refractivity (Wildman–Crippen MR) is 72.6 cm³/mol. The monoisotopic (exact) mass is 275 g/mol. The molecule has 1 aliphatic rings. The van der Waals surface area contributed by atoms with Crippen LogP contribution >= 0.6 is 0 Å². The average molecular weight is 275 g/mol. The lowest BCUT2D eigenvalue weighted by Crippen LogP contribution is -2.43. The summed E-state index contributed by atoms with van der Waals surface area (Å²) in [6.07, 6.45) is 2.24. The number of rotatable bonds is 3. The highest BCUT2D eigenvalue weighted by Crippen LogP contribution is 2.17. The average Bonchev–Trinajstić information content (AvgIpc) is 3.04. The SMILES string of the molecule is Cc1cccc2nc(C(=O)NCC3(O)CCOC3)cn12. The van der Waals surface area contributed by atoms with Crippen molar-refractivity contribution in [3.63, 3.8) is 0 Å². The highest BCUT2D eigenvalue weighted by molar-refractivity contribution is 5.92. The van der Waals surface area contributed by atoms with Gasteiger partial charge >= 0.3 is 0 Å². The number of carbonyl (C=O) groups is 1. The van der Waals surface area contributed by atoms with Gasteiger partial charge in [0.15, 0.2) is 0 Å². The summed E-state index contributed by atoms with van der Waals surface area (Å²) >= 11 is 0. The molecule has 1 amide bonds. The molecule has 2 N–H and O–H groups in total. The molecule has 1 unspecified atom stereocenters. The molecule has 6 nitrogen and oxygen atoms in total. The summed E-state index contributed by atoms with van der Waals surface area (Å²) in [6.45, 7) is 2.92. The van der Waals surface area contributed by atoms with Gasteiger partial charge in [-0.05, 0) is 19.1 Å². The lowest BCUT2D eigenvalue weighted by Gasteiger charge is -2.20. The summed E-state index contributed by atoms with van der Waals surface area (Å²) in [6, 6.07) is 5.70. The van der Waals surface area contributed by atoms with E-state index in [1.54, 1.807) is 6.20 Å². The molecule has 0 aromatic carbocycles. The van der Waals surface area contributed by atoms with E-state index in [-0.39, 0.29) is 19.1 Å². The zero-order chi connectivity index (χ0) is 14.2. The first kappa shape index (κ1) is 13.1. The van der Waals surface area contributed by atoms with E-state index in [0.29, 0.717) is 18.7 Å². The van der Waals surface area contributed by atoms with Gasteiger partial charge in [-0.3, -0.25) is 4.79 Å². The Labute approximate surface area is 116 Å². The topological polar surface area (TPSA) is 75.9 Å². The standard InChI is InChI=1S/C14H17N3O3/c1-10-3-2-4-12-16-11(7-17(10)12)13(18)15-8-14(19)5-6-20-9-14/h2-4,7,19H,5-6,8-9H2,1H3,(H,15,18). The first-order valence-corrected chi connectivity index (χ1v) is 6.60. The van der Waals surface area contributed by atoms with Crippen molar-refractivity contribution in [3.8, 4) is 0 Å². The lowest BCUT2D eigenvalue weighted by atomic mass is 10.0. The number of nitrogens with zero attached hydrogens (tertiary/aromatic N) is 2. The number of fused-ring (bicyclic) bond motifs is 1. The fourth-order valence-corrected chi connectivity index (χ4v) is 2.33. The zero-order valence-corrected chi connectivity index (χ0v) is 11.3. The van der Waals surface area contributed by atoms with Crippen molar-refractivity contribution in [2.45, 2.75) is 18.9 Å². The maximum atomic E-state index is 12.1. The molecule has 1 aliphatic heterocycles. The summed E-state index contributed by atoms with van der Waals surface area (Å²) in [5.41, 5.74) is 1.14. The Hall–Kier alpha value is -1.92. The van der Waals surface area contributed by atoms with Gasteiger partial charge in [0.25, 0.3) is 5.91 Å². The number of ether oxygens (including phenoxy) is 1. The second kappa shape index (κ2) is 4.88. The van der Waals surface area contributed by atoms with Gasteiger partial charge in [0.2, 0.25) is 0 Å². The van der Waals surface area contributed by atoms with E-state index in [0.717, 1.165) is 11.3 Å². The van der Waals surface area contributed by atoms with Gasteiger partial charge in [-0.25, -0.2) is 4.98 Å². The third-order valence-corrected chi connectivity index (χ3v) is 3.59. The first-order valence-electron chi connectivity index (χ1n) is 6.60. The van der Waals surface area contributed by atoms with E-state index in [9.17, 15) is 9.90 Å². The van der Waals surface area contributed by atoms with Gasteiger partial charge in [0.1, 0.15) is 16.9 Å². The van der Waals surface area contributed by atoms with Gasteiger partial charge in [-0.2, -0.15) is 0 Å². The molecule has 1 atom stereocenters. The van der Waals surface area contributed by atoms with Gasteiger partial charge in [0, 0.05) is 31.5 Å². The molecule has 0 radical (unpaired) electrons. The fourth-order valence-electron chi connectivity index (χ4n) is 2.33. The number of amides is 1. The molecule has 2 aromatic heterocycles. The first-order chi connectivity index (χ1) is 9.57. The van der Waals surface area contributed by atoms with E-state index in [1.807, 2.05) is 29.5 Å². The van der Waals surface area contributed by atoms with E-state index in [4.69, 9.17) is 4.74 Å². The van der Waals surface area contributed by atoms with E-state index >= 15 is 0 Å². The van der Waals surface area contributed by atoms with Crippen LogP contribution in [0.1, 0.15) is 22.6 Å². The molecule has 0 saturated carbocycles. The molecular formula is C14H17N3O3. The van der Waals surface area contributed by atoms with Crippen LogP contribution in [0.25, 0.3) is 5.65 Å². The van der Waals surface area contributed by atoms with Crippen LogP contribution in [0.15, 0.2) is 24.4 Å². The second-order valence-corrected chi connectivity index (χ2v) is 5.23. The van der Waals surface area contributed by atoms with Crippen LogP contribution < -0.4 is 5.32 Å². The Kier molecular flexibility index (Phi) is 3.19. The molecule has 1 fully saturated rings. The Bertz CT molecular complexity index is 644. The molecule has 106 valence electrons. The van der Waals surface area contributed by atoms with Crippen LogP contribution in [0, 0.1) is 6.92 Å². The van der Waals surface area contributed by atoms with Crippen molar-refractivity contribution in [3.05, 3.63) is 35.8 Å². The summed E-state index contributed by atoms with van der Waals surface area (Å²) in [5.74, 6) is -0.284. The summed E-state index contributed by atoms with van der Waals surface area (Å²) in [4.78, 5) is 16.4. The number of aromatic nitrogens is 2. The molecule has 20 heavy (non-hydrogen) atoms. The molecule has 6 heteroatoms. The summed E-state index contributed by atoms with van der Waals surface area (Å²) < 4.78 is 7.00. The lowest BCUT2D eigenvalue weighted by molar-refractivity contribution is 0.0264. The summed E-state index contributed by atoms with van der Waals surface area (Å²) in [5, 5.41) is 12.8. The molecule has 0 bridgehead atoms. The number of imidazole rings is 1. The molecule has 0 aliphatic carbocycles. The normalized spacial score (nSPS) is 22.3. The second-order valence-electron chi connectivity index (χ2n) is 5.23. The van der Waals surface area contributed by atoms with Crippen LogP contribution in [0.3, 0.4) is 0 Å². The maximum Gasteiger partial charge on any atom is 0.271 e. The summed E-state index contributed by atoms with van der Waals surface area (Å²) in [7, 11) is 0. The zero-order valence-electron chi connectivity index (χ0n) is 11.3. The highest BCUT2D eigenvalue weighted by Gasteiger charge is 2.32. The number of pyridine rings is 1. The van der Waals surface area contributed by atoms with Crippen molar-refractivity contribution in [2.75, 3.05) is 19.8 Å². The Balaban J connectivity index is 1.74. The number of hydrogen-bond donors (Lipinski definition) is 2. The van der Waals surface area contributed by atoms with E-state index in [2.05, 4.69) is 10.3 Å². The molecule has 2 aromatic rings. The fraction of sp³-hybridized carbons (Fsp3) is 0.429. The number of nitrogens with one attached hydrogen (secondary N) is 1. The molecule has 1 saturated heterocycles.